The fraction of sp³-hybridized carbons (Fsp3) is 0.700. The minimum absolute atomic E-state index is 0.351. The molecule has 1 aliphatic heterocycles. The van der Waals surface area contributed by atoms with Crippen molar-refractivity contribution in [1.29, 1.82) is 0 Å². The summed E-state index contributed by atoms with van der Waals surface area (Å²) in [6.45, 7) is 4.22. The first-order valence-corrected chi connectivity index (χ1v) is 7.22. The molecule has 14 heavy (non-hydrogen) atoms. The lowest BCUT2D eigenvalue weighted by atomic mass is 10.1. The number of alkyl halides is 1. The van der Waals surface area contributed by atoms with Crippen molar-refractivity contribution in [1.82, 2.24) is 4.98 Å². The number of thiazole rings is 1. The maximum atomic E-state index is 6.23. The second-order valence-electron chi connectivity index (χ2n) is 3.77. The summed E-state index contributed by atoms with van der Waals surface area (Å²) in [4.78, 5) is 5.90. The van der Waals surface area contributed by atoms with Crippen molar-refractivity contribution in [2.24, 2.45) is 5.92 Å². The van der Waals surface area contributed by atoms with Crippen LogP contribution in [0.2, 0.25) is 0 Å². The van der Waals surface area contributed by atoms with Gasteiger partial charge in [0.05, 0.1) is 10.7 Å². The monoisotopic (exact) mass is 247 g/mol. The Balaban J connectivity index is 2.03. The van der Waals surface area contributed by atoms with Gasteiger partial charge in [0.25, 0.3) is 0 Å². The quantitative estimate of drug-likeness (QED) is 0.744. The van der Waals surface area contributed by atoms with Crippen molar-refractivity contribution in [2.75, 3.05) is 11.5 Å². The van der Waals surface area contributed by atoms with Crippen LogP contribution in [-0.4, -0.2) is 21.9 Å². The van der Waals surface area contributed by atoms with Gasteiger partial charge in [-0.05, 0) is 25.5 Å². The van der Waals surface area contributed by atoms with Gasteiger partial charge in [0.1, 0.15) is 0 Å². The van der Waals surface area contributed by atoms with Crippen molar-refractivity contribution >= 4 is 34.7 Å². The molecule has 2 unspecified atom stereocenters. The Morgan fingerprint density at radius 3 is 2.71 bits per heavy atom. The summed E-state index contributed by atoms with van der Waals surface area (Å²) < 4.78 is 0. The third-order valence-corrected chi connectivity index (χ3v) is 5.68. The summed E-state index contributed by atoms with van der Waals surface area (Å²) in [7, 11) is 0. The molecule has 4 heteroatoms. The number of thioether (sulfide) groups is 1. The molecule has 1 fully saturated rings. The van der Waals surface area contributed by atoms with Gasteiger partial charge in [0.2, 0.25) is 0 Å². The van der Waals surface area contributed by atoms with Crippen LogP contribution < -0.4 is 0 Å². The molecule has 2 rings (SSSR count). The molecule has 2 heterocycles. The number of hydrogen-bond donors (Lipinski definition) is 0. The molecule has 0 amide bonds. The Hall–Kier alpha value is 0.270. The standard InChI is InChI=1S/C10H14ClNS2/c1-6-7(2)14-10(12-6)3-8-4-13-5-9(8)11/h8-9H,3-5H2,1-2H3. The Labute approximate surface area is 98.3 Å². The van der Waals surface area contributed by atoms with Gasteiger partial charge in [-0.25, -0.2) is 4.98 Å². The van der Waals surface area contributed by atoms with Crippen LogP contribution in [0, 0.1) is 19.8 Å². The van der Waals surface area contributed by atoms with Crippen LogP contribution in [-0.2, 0) is 6.42 Å². The Morgan fingerprint density at radius 1 is 1.43 bits per heavy atom. The molecule has 1 aromatic heterocycles. The van der Waals surface area contributed by atoms with E-state index >= 15 is 0 Å². The van der Waals surface area contributed by atoms with E-state index in [1.165, 1.54) is 21.3 Å². The molecule has 0 spiro atoms. The molecule has 0 bridgehead atoms. The fourth-order valence-electron chi connectivity index (χ4n) is 1.61. The number of nitrogens with zero attached hydrogens (tertiary/aromatic N) is 1. The molecular weight excluding hydrogens is 234 g/mol. The lowest BCUT2D eigenvalue weighted by Gasteiger charge is -2.09. The first-order valence-electron chi connectivity index (χ1n) is 4.81. The van der Waals surface area contributed by atoms with Gasteiger partial charge in [-0.2, -0.15) is 11.8 Å². The number of halogens is 1. The first kappa shape index (κ1) is 10.8. The van der Waals surface area contributed by atoms with Gasteiger partial charge in [0, 0.05) is 22.4 Å². The third-order valence-electron chi connectivity index (χ3n) is 2.63. The summed E-state index contributed by atoms with van der Waals surface area (Å²) in [6, 6.07) is 0. The van der Waals surface area contributed by atoms with Gasteiger partial charge >= 0.3 is 0 Å². The van der Waals surface area contributed by atoms with Crippen LogP contribution in [0.4, 0.5) is 0 Å². The number of hydrogen-bond acceptors (Lipinski definition) is 3. The van der Waals surface area contributed by atoms with Crippen molar-refractivity contribution < 1.29 is 0 Å². The van der Waals surface area contributed by atoms with Crippen molar-refractivity contribution in [2.45, 2.75) is 25.6 Å². The molecule has 0 radical (unpaired) electrons. The van der Waals surface area contributed by atoms with Crippen LogP contribution >= 0.6 is 34.7 Å². The Bertz CT molecular complexity index is 304. The fourth-order valence-corrected chi connectivity index (χ4v) is 4.47. The largest absolute Gasteiger partial charge is 0.246 e. The SMILES string of the molecule is Cc1nc(CC2CSCC2Cl)sc1C. The van der Waals surface area contributed by atoms with E-state index < -0.39 is 0 Å². The molecular formula is C10H14ClNS2. The van der Waals surface area contributed by atoms with Gasteiger partial charge < -0.3 is 0 Å². The highest BCUT2D eigenvalue weighted by Gasteiger charge is 2.26. The van der Waals surface area contributed by atoms with Crippen LogP contribution in [0.5, 0.6) is 0 Å². The van der Waals surface area contributed by atoms with E-state index in [1.54, 1.807) is 0 Å². The predicted octanol–water partition coefficient (Wildman–Crippen LogP) is 3.27. The summed E-state index contributed by atoms with van der Waals surface area (Å²) in [6.07, 6.45) is 1.07. The topological polar surface area (TPSA) is 12.9 Å². The molecule has 1 aliphatic rings. The molecule has 1 saturated heterocycles. The Morgan fingerprint density at radius 2 is 2.21 bits per heavy atom. The maximum Gasteiger partial charge on any atom is 0.0934 e. The molecule has 78 valence electrons. The zero-order chi connectivity index (χ0) is 10.1. The third kappa shape index (κ3) is 2.26. The lowest BCUT2D eigenvalue weighted by molar-refractivity contribution is 0.600. The smallest absolute Gasteiger partial charge is 0.0934 e. The number of aryl methyl sites for hydroxylation is 2. The first-order chi connectivity index (χ1) is 6.66. The van der Waals surface area contributed by atoms with Crippen LogP contribution in [0.15, 0.2) is 0 Å². The van der Waals surface area contributed by atoms with Crippen LogP contribution in [0.25, 0.3) is 0 Å². The second kappa shape index (κ2) is 4.42. The molecule has 0 saturated carbocycles. The van der Waals surface area contributed by atoms with Crippen LogP contribution in [0.1, 0.15) is 15.6 Å². The zero-order valence-electron chi connectivity index (χ0n) is 8.42. The van der Waals surface area contributed by atoms with E-state index in [2.05, 4.69) is 18.8 Å². The normalized spacial score (nSPS) is 27.1. The average molecular weight is 248 g/mol. The minimum Gasteiger partial charge on any atom is -0.246 e. The molecule has 1 aromatic rings. The Kier molecular flexibility index (Phi) is 3.40. The molecule has 2 atom stereocenters. The maximum absolute atomic E-state index is 6.23. The van der Waals surface area contributed by atoms with Gasteiger partial charge in [-0.1, -0.05) is 0 Å². The van der Waals surface area contributed by atoms with Crippen molar-refractivity contribution in [3.05, 3.63) is 15.6 Å². The summed E-state index contributed by atoms with van der Waals surface area (Å²) >= 11 is 10.0. The summed E-state index contributed by atoms with van der Waals surface area (Å²) in [5.74, 6) is 2.94. The van der Waals surface area contributed by atoms with E-state index in [1.807, 2.05) is 23.1 Å². The van der Waals surface area contributed by atoms with Gasteiger partial charge in [-0.3, -0.25) is 0 Å². The molecule has 1 nitrogen and oxygen atoms in total. The van der Waals surface area contributed by atoms with E-state index in [0.29, 0.717) is 11.3 Å². The van der Waals surface area contributed by atoms with E-state index in [9.17, 15) is 0 Å². The predicted molar refractivity (Wildman–Crippen MR) is 65.7 cm³/mol. The average Bonchev–Trinajstić information content (AvgIpc) is 2.63. The van der Waals surface area contributed by atoms with Gasteiger partial charge in [0.15, 0.2) is 0 Å². The van der Waals surface area contributed by atoms with E-state index in [-0.39, 0.29) is 0 Å². The highest BCUT2D eigenvalue weighted by atomic mass is 35.5. The summed E-state index contributed by atoms with van der Waals surface area (Å²) in [5.41, 5.74) is 1.18. The summed E-state index contributed by atoms with van der Waals surface area (Å²) in [5, 5.41) is 1.61. The van der Waals surface area contributed by atoms with Crippen molar-refractivity contribution in [3.63, 3.8) is 0 Å². The zero-order valence-corrected chi connectivity index (χ0v) is 10.8. The van der Waals surface area contributed by atoms with E-state index in [0.717, 1.165) is 12.2 Å². The second-order valence-corrected chi connectivity index (χ2v) is 6.69. The van der Waals surface area contributed by atoms with Crippen LogP contribution in [0.3, 0.4) is 0 Å². The number of aromatic nitrogens is 1. The molecule has 0 aliphatic carbocycles. The van der Waals surface area contributed by atoms with Crippen molar-refractivity contribution in [3.8, 4) is 0 Å². The van der Waals surface area contributed by atoms with Gasteiger partial charge in [-0.15, -0.1) is 22.9 Å². The number of rotatable bonds is 2. The molecule has 0 aromatic carbocycles. The lowest BCUT2D eigenvalue weighted by Crippen LogP contribution is -2.14. The highest BCUT2D eigenvalue weighted by Crippen LogP contribution is 2.32. The highest BCUT2D eigenvalue weighted by molar-refractivity contribution is 7.99. The van der Waals surface area contributed by atoms with E-state index in [4.69, 9.17) is 11.6 Å². The minimum atomic E-state index is 0.351. The molecule has 0 N–H and O–H groups in total.